The van der Waals surface area contributed by atoms with E-state index >= 15 is 0 Å². The smallest absolute Gasteiger partial charge is 0.116 e. The van der Waals surface area contributed by atoms with Gasteiger partial charge in [0.15, 0.2) is 0 Å². The molecule has 2 N–H and O–H groups in total. The highest BCUT2D eigenvalue weighted by molar-refractivity contribution is 6.30. The Hall–Kier alpha value is -1.84. The van der Waals surface area contributed by atoms with E-state index in [1.54, 1.807) is 4.90 Å². The van der Waals surface area contributed by atoms with Crippen LogP contribution in [-0.4, -0.2) is 23.1 Å². The Morgan fingerprint density at radius 1 is 1.17 bits per heavy atom. The first-order valence-corrected chi connectivity index (χ1v) is 8.68. The summed E-state index contributed by atoms with van der Waals surface area (Å²) >= 11 is 6.11. The van der Waals surface area contributed by atoms with Gasteiger partial charge in [0.05, 0.1) is 30.0 Å². The molecule has 1 aliphatic rings. The Morgan fingerprint density at radius 2 is 2.09 bits per heavy atom. The molecule has 0 radical (unpaired) electrons. The topological polar surface area (TPSA) is 33.1 Å². The molecule has 0 saturated carbocycles. The molecule has 118 valence electrons. The number of hydrogen-bond donors (Lipinski definition) is 2. The Bertz CT molecular complexity index is 778. The SMILES string of the molecule is Clc1cccc(C[NH+]2CCC[C@H](c3nc4ccccc4[nH]3)C2)c1. The van der Waals surface area contributed by atoms with Crippen LogP contribution in [0.1, 0.15) is 30.1 Å². The first kappa shape index (κ1) is 14.7. The van der Waals surface area contributed by atoms with Crippen molar-refractivity contribution in [1.29, 1.82) is 0 Å². The summed E-state index contributed by atoms with van der Waals surface area (Å²) in [5.41, 5.74) is 3.53. The maximum Gasteiger partial charge on any atom is 0.116 e. The highest BCUT2D eigenvalue weighted by Crippen LogP contribution is 2.22. The van der Waals surface area contributed by atoms with E-state index in [4.69, 9.17) is 16.6 Å². The van der Waals surface area contributed by atoms with Crippen LogP contribution in [0.2, 0.25) is 5.02 Å². The Labute approximate surface area is 141 Å². The number of nitrogens with one attached hydrogen (secondary N) is 2. The predicted octanol–water partition coefficient (Wildman–Crippen LogP) is 3.18. The molecule has 2 aromatic carbocycles. The van der Waals surface area contributed by atoms with Gasteiger partial charge in [-0.3, -0.25) is 0 Å². The van der Waals surface area contributed by atoms with Crippen molar-refractivity contribution in [2.24, 2.45) is 0 Å². The normalized spacial score (nSPS) is 21.6. The third-order valence-corrected chi connectivity index (χ3v) is 4.99. The van der Waals surface area contributed by atoms with Crippen LogP contribution in [0.15, 0.2) is 48.5 Å². The van der Waals surface area contributed by atoms with Crippen molar-refractivity contribution >= 4 is 22.6 Å². The number of H-pyrrole nitrogens is 1. The fraction of sp³-hybridized carbons (Fsp3) is 0.316. The van der Waals surface area contributed by atoms with Crippen LogP contribution in [0.3, 0.4) is 0 Å². The lowest BCUT2D eigenvalue weighted by molar-refractivity contribution is -0.920. The molecule has 0 spiro atoms. The number of halogens is 1. The maximum absolute atomic E-state index is 6.11. The van der Waals surface area contributed by atoms with Gasteiger partial charge in [0.1, 0.15) is 12.4 Å². The number of hydrogen-bond acceptors (Lipinski definition) is 1. The molecular weight excluding hydrogens is 306 g/mol. The van der Waals surface area contributed by atoms with Crippen LogP contribution in [0, 0.1) is 0 Å². The van der Waals surface area contributed by atoms with Gasteiger partial charge in [-0.25, -0.2) is 4.98 Å². The molecule has 23 heavy (non-hydrogen) atoms. The van der Waals surface area contributed by atoms with Crippen molar-refractivity contribution in [3.8, 4) is 0 Å². The monoisotopic (exact) mass is 326 g/mol. The Balaban J connectivity index is 1.50. The fourth-order valence-electron chi connectivity index (χ4n) is 3.65. The van der Waals surface area contributed by atoms with E-state index in [9.17, 15) is 0 Å². The molecule has 1 unspecified atom stereocenters. The van der Waals surface area contributed by atoms with Gasteiger partial charge in [-0.15, -0.1) is 0 Å². The second kappa shape index (κ2) is 6.34. The molecule has 4 rings (SSSR count). The van der Waals surface area contributed by atoms with Gasteiger partial charge < -0.3 is 9.88 Å². The van der Waals surface area contributed by atoms with Crippen LogP contribution < -0.4 is 4.90 Å². The molecule has 0 aliphatic carbocycles. The number of fused-ring (bicyclic) bond motifs is 1. The minimum Gasteiger partial charge on any atom is -0.342 e. The van der Waals surface area contributed by atoms with Crippen LogP contribution in [0.5, 0.6) is 0 Å². The molecule has 2 heterocycles. The van der Waals surface area contributed by atoms with Crippen LogP contribution in [0.4, 0.5) is 0 Å². The number of aromatic nitrogens is 2. The second-order valence-corrected chi connectivity index (χ2v) is 6.93. The van der Waals surface area contributed by atoms with E-state index in [1.807, 2.05) is 18.2 Å². The summed E-state index contributed by atoms with van der Waals surface area (Å²) in [4.78, 5) is 9.93. The number of likely N-dealkylation sites (tertiary alicyclic amines) is 1. The number of piperidine rings is 1. The Kier molecular flexibility index (Phi) is 4.06. The van der Waals surface area contributed by atoms with Gasteiger partial charge in [-0.05, 0) is 37.1 Å². The summed E-state index contributed by atoms with van der Waals surface area (Å²) in [6.07, 6.45) is 2.47. The minimum absolute atomic E-state index is 0.519. The lowest BCUT2D eigenvalue weighted by Crippen LogP contribution is -3.12. The van der Waals surface area contributed by atoms with Crippen molar-refractivity contribution in [1.82, 2.24) is 9.97 Å². The van der Waals surface area contributed by atoms with Gasteiger partial charge >= 0.3 is 0 Å². The van der Waals surface area contributed by atoms with Crippen molar-refractivity contribution in [2.75, 3.05) is 13.1 Å². The molecule has 0 amide bonds. The lowest BCUT2D eigenvalue weighted by Gasteiger charge is -2.29. The molecule has 1 saturated heterocycles. The summed E-state index contributed by atoms with van der Waals surface area (Å²) in [6.45, 7) is 3.40. The lowest BCUT2D eigenvalue weighted by atomic mass is 9.97. The molecular formula is C19H21ClN3+. The van der Waals surface area contributed by atoms with E-state index in [0.717, 1.165) is 35.0 Å². The van der Waals surface area contributed by atoms with Gasteiger partial charge in [0.2, 0.25) is 0 Å². The third kappa shape index (κ3) is 3.26. The van der Waals surface area contributed by atoms with Crippen molar-refractivity contribution in [3.63, 3.8) is 0 Å². The Morgan fingerprint density at radius 3 is 2.96 bits per heavy atom. The quantitative estimate of drug-likeness (QED) is 0.761. The van der Waals surface area contributed by atoms with Crippen LogP contribution >= 0.6 is 11.6 Å². The largest absolute Gasteiger partial charge is 0.342 e. The van der Waals surface area contributed by atoms with Crippen molar-refractivity contribution in [2.45, 2.75) is 25.3 Å². The average molecular weight is 327 g/mol. The molecule has 0 bridgehead atoms. The molecule has 2 atom stereocenters. The van der Waals surface area contributed by atoms with Gasteiger partial charge in [-0.2, -0.15) is 0 Å². The van der Waals surface area contributed by atoms with E-state index in [1.165, 1.54) is 24.9 Å². The standard InChI is InChI=1S/C19H20ClN3/c20-16-7-3-5-14(11-16)12-23-10-4-6-15(13-23)19-21-17-8-1-2-9-18(17)22-19/h1-3,5,7-9,11,15H,4,6,10,12-13H2,(H,21,22)/p+1/t15-/m0/s1. The predicted molar refractivity (Wildman–Crippen MR) is 93.9 cm³/mol. The molecule has 3 aromatic rings. The van der Waals surface area contributed by atoms with Crippen molar-refractivity contribution in [3.05, 3.63) is 64.9 Å². The molecule has 1 fully saturated rings. The molecule has 1 aromatic heterocycles. The second-order valence-electron chi connectivity index (χ2n) is 6.49. The zero-order chi connectivity index (χ0) is 15.6. The number of para-hydroxylation sites is 2. The summed E-state index contributed by atoms with van der Waals surface area (Å²) in [5.74, 6) is 1.67. The zero-order valence-corrected chi connectivity index (χ0v) is 13.8. The van der Waals surface area contributed by atoms with E-state index in [0.29, 0.717) is 5.92 Å². The highest BCUT2D eigenvalue weighted by Gasteiger charge is 2.26. The summed E-state index contributed by atoms with van der Waals surface area (Å²) in [6, 6.07) is 16.5. The zero-order valence-electron chi connectivity index (χ0n) is 13.1. The molecule has 1 aliphatic heterocycles. The fourth-order valence-corrected chi connectivity index (χ4v) is 3.86. The van der Waals surface area contributed by atoms with Gasteiger partial charge in [0, 0.05) is 10.6 Å². The number of aromatic amines is 1. The third-order valence-electron chi connectivity index (χ3n) is 4.76. The first-order valence-electron chi connectivity index (χ1n) is 8.30. The maximum atomic E-state index is 6.11. The number of quaternary nitrogens is 1. The summed E-state index contributed by atoms with van der Waals surface area (Å²) in [7, 11) is 0. The first-order chi connectivity index (χ1) is 11.3. The number of benzene rings is 2. The minimum atomic E-state index is 0.519. The average Bonchev–Trinajstić information content (AvgIpc) is 2.99. The highest BCUT2D eigenvalue weighted by atomic mass is 35.5. The summed E-state index contributed by atoms with van der Waals surface area (Å²) in [5, 5.41) is 0.827. The van der Waals surface area contributed by atoms with E-state index in [-0.39, 0.29) is 0 Å². The van der Waals surface area contributed by atoms with Crippen molar-refractivity contribution < 1.29 is 4.90 Å². The van der Waals surface area contributed by atoms with E-state index < -0.39 is 0 Å². The number of nitrogens with zero attached hydrogens (tertiary/aromatic N) is 1. The summed E-state index contributed by atoms with van der Waals surface area (Å²) < 4.78 is 0. The van der Waals surface area contributed by atoms with E-state index in [2.05, 4.69) is 35.3 Å². The number of imidazole rings is 1. The van der Waals surface area contributed by atoms with Crippen LogP contribution in [-0.2, 0) is 6.54 Å². The van der Waals surface area contributed by atoms with Gasteiger partial charge in [-0.1, -0.05) is 35.9 Å². The molecule has 4 heteroatoms. The van der Waals surface area contributed by atoms with Crippen LogP contribution in [0.25, 0.3) is 11.0 Å². The van der Waals surface area contributed by atoms with Gasteiger partial charge in [0.25, 0.3) is 0 Å². The molecule has 3 nitrogen and oxygen atoms in total. The number of rotatable bonds is 3.